The van der Waals surface area contributed by atoms with Gasteiger partial charge in [-0.1, -0.05) is 41.5 Å². The summed E-state index contributed by atoms with van der Waals surface area (Å²) in [6, 6.07) is 19.6. The molecular weight excluding hydrogens is 480 g/mol. The van der Waals surface area contributed by atoms with E-state index in [1.165, 1.54) is 42.6 Å². The summed E-state index contributed by atoms with van der Waals surface area (Å²) in [4.78, 5) is 24.1. The second-order valence-corrected chi connectivity index (χ2v) is 11.7. The van der Waals surface area contributed by atoms with Gasteiger partial charge in [-0.05, 0) is 114 Å². The number of carbonyl (C=O) groups is 1. The Morgan fingerprint density at radius 2 is 1.51 bits per heavy atom. The molecule has 2 aliphatic rings. The van der Waals surface area contributed by atoms with Crippen LogP contribution in [0.3, 0.4) is 0 Å². The maximum absolute atomic E-state index is 14.2. The first kappa shape index (κ1) is 25.8. The van der Waals surface area contributed by atoms with Crippen LogP contribution < -0.4 is 0 Å². The number of nitrogens with zero attached hydrogens (tertiary/aromatic N) is 4. The Morgan fingerprint density at radius 3 is 2.23 bits per heavy atom. The van der Waals surface area contributed by atoms with Crippen LogP contribution >= 0.6 is 0 Å². The van der Waals surface area contributed by atoms with Gasteiger partial charge in [0.05, 0.1) is 17.1 Å². The smallest absolute Gasteiger partial charge is 0.255 e. The number of carbonyl (C=O) groups excluding carboxylic acids is 1. The number of imidazole rings is 1. The lowest BCUT2D eigenvalue weighted by Gasteiger charge is -2.36. The summed E-state index contributed by atoms with van der Waals surface area (Å²) in [5.74, 6) is 1.11. The minimum atomic E-state index is -0.0675. The standard InChI is InChI=1S/C34H40N4O/c1-23-10-13-28(14-11-23)38-30-15-12-27(22-36-16-7-8-17-36)21-29(30)35-33(38)31-9-5-6-18-37(31)34(39)32-25(3)19-24(2)20-26(32)4/h10-15,19-21,31H,5-9,16-18,22H2,1-4H3. The summed E-state index contributed by atoms with van der Waals surface area (Å²) >= 11 is 0. The molecular formula is C34H40N4O. The highest BCUT2D eigenvalue weighted by molar-refractivity contribution is 5.97. The van der Waals surface area contributed by atoms with Crippen molar-refractivity contribution in [3.05, 3.63) is 93.8 Å². The van der Waals surface area contributed by atoms with E-state index in [0.717, 1.165) is 71.6 Å². The van der Waals surface area contributed by atoms with Crippen LogP contribution in [-0.4, -0.2) is 44.9 Å². The summed E-state index contributed by atoms with van der Waals surface area (Å²) in [6.45, 7) is 12.4. The molecule has 2 saturated heterocycles. The van der Waals surface area contributed by atoms with Crippen LogP contribution in [0.4, 0.5) is 0 Å². The second-order valence-electron chi connectivity index (χ2n) is 11.7. The van der Waals surface area contributed by atoms with Crippen molar-refractivity contribution >= 4 is 16.9 Å². The molecule has 0 spiro atoms. The van der Waals surface area contributed by atoms with Gasteiger partial charge in [-0.2, -0.15) is 0 Å². The van der Waals surface area contributed by atoms with E-state index < -0.39 is 0 Å². The first-order valence-corrected chi connectivity index (χ1v) is 14.6. The number of hydrogen-bond donors (Lipinski definition) is 0. The van der Waals surface area contributed by atoms with Crippen molar-refractivity contribution in [2.24, 2.45) is 0 Å². The fraction of sp³-hybridized carbons (Fsp3) is 0.412. The molecule has 1 unspecified atom stereocenters. The third kappa shape index (κ3) is 5.00. The maximum atomic E-state index is 14.2. The lowest BCUT2D eigenvalue weighted by molar-refractivity contribution is 0.0597. The first-order valence-electron chi connectivity index (χ1n) is 14.6. The van der Waals surface area contributed by atoms with E-state index >= 15 is 0 Å². The molecule has 1 aromatic heterocycles. The van der Waals surface area contributed by atoms with E-state index in [-0.39, 0.29) is 11.9 Å². The molecule has 0 N–H and O–H groups in total. The average Bonchev–Trinajstić information content (AvgIpc) is 3.56. The molecule has 4 aromatic rings. The number of fused-ring (bicyclic) bond motifs is 1. The lowest BCUT2D eigenvalue weighted by atomic mass is 9.95. The minimum Gasteiger partial charge on any atom is -0.328 e. The van der Waals surface area contributed by atoms with E-state index in [1.807, 2.05) is 0 Å². The van der Waals surface area contributed by atoms with Crippen molar-refractivity contribution in [2.75, 3.05) is 19.6 Å². The van der Waals surface area contributed by atoms with Gasteiger partial charge >= 0.3 is 0 Å². The molecule has 0 aliphatic carbocycles. The van der Waals surface area contributed by atoms with Gasteiger partial charge in [0.2, 0.25) is 0 Å². The molecule has 0 radical (unpaired) electrons. The fourth-order valence-electron chi connectivity index (χ4n) is 6.73. The molecule has 0 saturated carbocycles. The quantitative estimate of drug-likeness (QED) is 0.279. The van der Waals surface area contributed by atoms with Crippen molar-refractivity contribution < 1.29 is 4.79 Å². The number of likely N-dealkylation sites (tertiary alicyclic amines) is 2. The molecule has 202 valence electrons. The highest BCUT2D eigenvalue weighted by atomic mass is 16.2. The van der Waals surface area contributed by atoms with Gasteiger partial charge in [-0.3, -0.25) is 14.3 Å². The normalized spacial score (nSPS) is 18.3. The molecule has 2 fully saturated rings. The molecule has 39 heavy (non-hydrogen) atoms. The molecule has 5 heteroatoms. The Bertz CT molecular complexity index is 1490. The number of amides is 1. The van der Waals surface area contributed by atoms with Crippen molar-refractivity contribution in [1.82, 2.24) is 19.4 Å². The van der Waals surface area contributed by atoms with Crippen LogP contribution in [0.5, 0.6) is 0 Å². The number of hydrogen-bond acceptors (Lipinski definition) is 3. The zero-order valence-corrected chi connectivity index (χ0v) is 23.8. The third-order valence-electron chi connectivity index (χ3n) is 8.59. The summed E-state index contributed by atoms with van der Waals surface area (Å²) in [7, 11) is 0. The van der Waals surface area contributed by atoms with Crippen LogP contribution in [0.2, 0.25) is 0 Å². The number of aryl methyl sites for hydroxylation is 4. The van der Waals surface area contributed by atoms with E-state index in [4.69, 9.17) is 4.98 Å². The van der Waals surface area contributed by atoms with Gasteiger partial charge in [0.15, 0.2) is 0 Å². The number of aromatic nitrogens is 2. The van der Waals surface area contributed by atoms with Crippen molar-refractivity contribution in [2.45, 2.75) is 72.4 Å². The minimum absolute atomic E-state index is 0.0675. The summed E-state index contributed by atoms with van der Waals surface area (Å²) in [6.07, 6.45) is 5.62. The topological polar surface area (TPSA) is 41.4 Å². The van der Waals surface area contributed by atoms with Crippen molar-refractivity contribution in [3.63, 3.8) is 0 Å². The highest BCUT2D eigenvalue weighted by Crippen LogP contribution is 2.36. The Morgan fingerprint density at radius 1 is 0.821 bits per heavy atom. The van der Waals surface area contributed by atoms with Crippen LogP contribution in [0, 0.1) is 27.7 Å². The number of benzene rings is 3. The van der Waals surface area contributed by atoms with E-state index in [9.17, 15) is 4.79 Å². The predicted molar refractivity (Wildman–Crippen MR) is 159 cm³/mol. The molecule has 3 heterocycles. The van der Waals surface area contributed by atoms with Gasteiger partial charge in [0.25, 0.3) is 5.91 Å². The molecule has 2 aliphatic heterocycles. The second kappa shape index (κ2) is 10.6. The largest absolute Gasteiger partial charge is 0.328 e. The van der Waals surface area contributed by atoms with Gasteiger partial charge in [-0.25, -0.2) is 4.98 Å². The molecule has 6 rings (SSSR count). The monoisotopic (exact) mass is 520 g/mol. The molecule has 3 aromatic carbocycles. The Balaban J connectivity index is 1.45. The Hall–Kier alpha value is -3.44. The van der Waals surface area contributed by atoms with Crippen LogP contribution in [0.25, 0.3) is 16.7 Å². The summed E-state index contributed by atoms with van der Waals surface area (Å²) < 4.78 is 2.31. The first-order chi connectivity index (χ1) is 18.9. The lowest BCUT2D eigenvalue weighted by Crippen LogP contribution is -2.40. The molecule has 1 atom stereocenters. The van der Waals surface area contributed by atoms with Gasteiger partial charge < -0.3 is 4.90 Å². The van der Waals surface area contributed by atoms with Crippen molar-refractivity contribution in [3.8, 4) is 5.69 Å². The average molecular weight is 521 g/mol. The van der Waals surface area contributed by atoms with Gasteiger partial charge in [0.1, 0.15) is 5.82 Å². The van der Waals surface area contributed by atoms with Gasteiger partial charge in [0, 0.05) is 24.3 Å². The summed E-state index contributed by atoms with van der Waals surface area (Å²) in [5, 5.41) is 0. The molecule has 5 nitrogen and oxygen atoms in total. The van der Waals surface area contributed by atoms with Crippen LogP contribution in [-0.2, 0) is 6.54 Å². The summed E-state index contributed by atoms with van der Waals surface area (Å²) in [5.41, 5.74) is 9.93. The number of rotatable bonds is 5. The van der Waals surface area contributed by atoms with E-state index in [1.54, 1.807) is 0 Å². The maximum Gasteiger partial charge on any atom is 0.255 e. The van der Waals surface area contributed by atoms with Gasteiger partial charge in [-0.15, -0.1) is 0 Å². The third-order valence-corrected chi connectivity index (χ3v) is 8.59. The Kier molecular flexibility index (Phi) is 7.03. The van der Waals surface area contributed by atoms with E-state index in [2.05, 4.69) is 96.7 Å². The predicted octanol–water partition coefficient (Wildman–Crippen LogP) is 7.22. The Labute approximate surface area is 232 Å². The zero-order valence-electron chi connectivity index (χ0n) is 23.8. The highest BCUT2D eigenvalue weighted by Gasteiger charge is 2.34. The van der Waals surface area contributed by atoms with Crippen molar-refractivity contribution in [1.29, 1.82) is 0 Å². The van der Waals surface area contributed by atoms with Crippen LogP contribution in [0.1, 0.15) is 82.1 Å². The molecule has 0 bridgehead atoms. The van der Waals surface area contributed by atoms with E-state index in [0.29, 0.717) is 0 Å². The molecule has 1 amide bonds. The SMILES string of the molecule is Cc1ccc(-n2c(C3CCCCN3C(=O)c3c(C)cc(C)cc3C)nc3cc(CN4CCCC4)ccc32)cc1. The fourth-order valence-corrected chi connectivity index (χ4v) is 6.73. The van der Waals surface area contributed by atoms with Crippen LogP contribution in [0.15, 0.2) is 54.6 Å². The number of piperidine rings is 1. The zero-order chi connectivity index (χ0) is 27.1.